The zero-order valence-corrected chi connectivity index (χ0v) is 19.6. The van der Waals surface area contributed by atoms with Crippen molar-refractivity contribution in [1.29, 1.82) is 5.26 Å². The molecule has 1 unspecified atom stereocenters. The first-order valence-corrected chi connectivity index (χ1v) is 11.1. The predicted molar refractivity (Wildman–Crippen MR) is 128 cm³/mol. The summed E-state index contributed by atoms with van der Waals surface area (Å²) in [5.41, 5.74) is 6.48. The van der Waals surface area contributed by atoms with Crippen molar-refractivity contribution in [2.75, 3.05) is 20.3 Å². The van der Waals surface area contributed by atoms with E-state index in [2.05, 4.69) is 12.1 Å². The Labute approximate surface area is 199 Å². The summed E-state index contributed by atoms with van der Waals surface area (Å²) in [6.07, 6.45) is 0.306. The number of aryl methyl sites for hydroxylation is 2. The fourth-order valence-electron chi connectivity index (χ4n) is 4.36. The van der Waals surface area contributed by atoms with Crippen molar-refractivity contribution in [2.45, 2.75) is 32.8 Å². The zero-order valence-electron chi connectivity index (χ0n) is 19.6. The number of ether oxygens (including phenoxy) is 4. The first kappa shape index (κ1) is 23.2. The molecule has 0 fully saturated rings. The highest BCUT2D eigenvalue weighted by molar-refractivity contribution is 5.72. The number of hydrogen-bond donors (Lipinski definition) is 0. The van der Waals surface area contributed by atoms with Gasteiger partial charge in [-0.05, 0) is 65.9 Å². The van der Waals surface area contributed by atoms with E-state index in [0.29, 0.717) is 31.1 Å². The van der Waals surface area contributed by atoms with Crippen LogP contribution >= 0.6 is 0 Å². The summed E-state index contributed by atoms with van der Waals surface area (Å²) in [5.74, 6) is 1.94. The number of rotatable bonds is 8. The summed E-state index contributed by atoms with van der Waals surface area (Å²) in [6, 6.07) is 19.9. The first-order valence-electron chi connectivity index (χ1n) is 11.1. The van der Waals surface area contributed by atoms with Gasteiger partial charge in [0.25, 0.3) is 0 Å². The molecule has 6 nitrogen and oxygen atoms in total. The van der Waals surface area contributed by atoms with Gasteiger partial charge in [0, 0.05) is 17.5 Å². The van der Waals surface area contributed by atoms with Gasteiger partial charge in [-0.2, -0.15) is 5.26 Å². The molecular formula is C28H27NO5. The molecule has 3 aromatic rings. The number of esters is 1. The minimum Gasteiger partial charge on any atom is -0.492 e. The third-order valence-corrected chi connectivity index (χ3v) is 5.94. The van der Waals surface area contributed by atoms with Crippen molar-refractivity contribution >= 4 is 5.97 Å². The van der Waals surface area contributed by atoms with Crippen molar-refractivity contribution in [1.82, 2.24) is 0 Å². The molecular weight excluding hydrogens is 430 g/mol. The lowest BCUT2D eigenvalue weighted by molar-refractivity contribution is -0.141. The molecule has 34 heavy (non-hydrogen) atoms. The Kier molecular flexibility index (Phi) is 7.03. The number of carbonyl (C=O) groups excluding carboxylic acids is 1. The highest BCUT2D eigenvalue weighted by Crippen LogP contribution is 2.38. The molecule has 0 spiro atoms. The zero-order chi connectivity index (χ0) is 24.1. The van der Waals surface area contributed by atoms with E-state index in [0.717, 1.165) is 39.1 Å². The minimum atomic E-state index is -0.239. The molecule has 0 N–H and O–H groups in total. The highest BCUT2D eigenvalue weighted by Gasteiger charge is 2.27. The predicted octanol–water partition coefficient (Wildman–Crippen LogP) is 5.49. The number of carbonyl (C=O) groups is 1. The number of nitrogens with zero attached hydrogens (tertiary/aromatic N) is 1. The van der Waals surface area contributed by atoms with Crippen molar-refractivity contribution in [3.05, 3.63) is 76.9 Å². The van der Waals surface area contributed by atoms with Gasteiger partial charge in [0.2, 0.25) is 0 Å². The van der Waals surface area contributed by atoms with Gasteiger partial charge in [0.1, 0.15) is 29.9 Å². The van der Waals surface area contributed by atoms with E-state index in [1.54, 1.807) is 0 Å². The molecule has 0 saturated heterocycles. The lowest BCUT2D eigenvalue weighted by Crippen LogP contribution is -2.09. The third-order valence-electron chi connectivity index (χ3n) is 5.94. The maximum Gasteiger partial charge on any atom is 0.306 e. The highest BCUT2D eigenvalue weighted by atomic mass is 16.5. The average molecular weight is 458 g/mol. The van der Waals surface area contributed by atoms with E-state index >= 15 is 0 Å². The second-order valence-electron chi connectivity index (χ2n) is 8.36. The van der Waals surface area contributed by atoms with Gasteiger partial charge in [-0.15, -0.1) is 0 Å². The lowest BCUT2D eigenvalue weighted by atomic mass is 9.94. The number of hydrogen-bond acceptors (Lipinski definition) is 6. The number of fused-ring (bicyclic) bond motifs is 1. The number of nitriles is 1. The van der Waals surface area contributed by atoms with Gasteiger partial charge in [-0.1, -0.05) is 24.3 Å². The molecule has 4 rings (SSSR count). The van der Waals surface area contributed by atoms with Crippen molar-refractivity contribution < 1.29 is 23.7 Å². The van der Waals surface area contributed by atoms with E-state index in [-0.39, 0.29) is 18.5 Å². The maximum atomic E-state index is 11.6. The van der Waals surface area contributed by atoms with Gasteiger partial charge in [0.15, 0.2) is 6.61 Å². The van der Waals surface area contributed by atoms with Crippen LogP contribution in [-0.4, -0.2) is 26.3 Å². The summed E-state index contributed by atoms with van der Waals surface area (Å²) in [5, 5.41) is 8.75. The van der Waals surface area contributed by atoms with E-state index in [4.69, 9.17) is 24.2 Å². The fraction of sp³-hybridized carbons (Fsp3) is 0.286. The van der Waals surface area contributed by atoms with E-state index in [1.807, 2.05) is 62.4 Å². The molecule has 1 aliphatic rings. The van der Waals surface area contributed by atoms with Gasteiger partial charge in [-0.3, -0.25) is 4.79 Å². The standard InChI is InChI=1S/C28H27NO5/c1-18-11-24(32-10-9-29)12-19(2)28(18)21-6-4-5-20(13-21)16-33-23-7-8-25-22(14-27(30)31-3)17-34-26(25)15-23/h4-8,11-13,15,22H,10,14,16-17H2,1-3H3. The maximum absolute atomic E-state index is 11.6. The molecule has 174 valence electrons. The molecule has 0 saturated carbocycles. The molecule has 3 aromatic carbocycles. The molecule has 0 amide bonds. The SMILES string of the molecule is COC(=O)CC1COc2cc(OCc3cccc(-c4c(C)cc(OCC#N)cc4C)c3)ccc21. The normalized spacial score (nSPS) is 14.0. The lowest BCUT2D eigenvalue weighted by Gasteiger charge is -2.14. The van der Waals surface area contributed by atoms with Crippen LogP contribution in [0.3, 0.4) is 0 Å². The Hall–Kier alpha value is -3.98. The summed E-state index contributed by atoms with van der Waals surface area (Å²) in [7, 11) is 1.40. The second kappa shape index (κ2) is 10.3. The van der Waals surface area contributed by atoms with Crippen molar-refractivity contribution in [3.8, 4) is 34.4 Å². The molecule has 0 bridgehead atoms. The Morgan fingerprint density at radius 3 is 2.59 bits per heavy atom. The average Bonchev–Trinajstić information content (AvgIpc) is 3.23. The minimum absolute atomic E-state index is 0.0105. The largest absolute Gasteiger partial charge is 0.492 e. The summed E-state index contributed by atoms with van der Waals surface area (Å²) in [6.45, 7) is 5.00. The van der Waals surface area contributed by atoms with Crippen LogP contribution in [0.4, 0.5) is 0 Å². The van der Waals surface area contributed by atoms with E-state index in [1.165, 1.54) is 7.11 Å². The van der Waals surface area contributed by atoms with Crippen LogP contribution in [0.1, 0.15) is 34.6 Å². The van der Waals surface area contributed by atoms with Crippen LogP contribution in [0.5, 0.6) is 17.2 Å². The van der Waals surface area contributed by atoms with Gasteiger partial charge in [0.05, 0.1) is 20.1 Å². The number of methoxy groups -OCH3 is 1. The van der Waals surface area contributed by atoms with E-state index in [9.17, 15) is 4.79 Å². The van der Waals surface area contributed by atoms with Gasteiger partial charge in [-0.25, -0.2) is 0 Å². The summed E-state index contributed by atoms with van der Waals surface area (Å²) in [4.78, 5) is 11.6. The van der Waals surface area contributed by atoms with Crippen LogP contribution in [0.2, 0.25) is 0 Å². The third kappa shape index (κ3) is 5.15. The van der Waals surface area contributed by atoms with Crippen LogP contribution in [-0.2, 0) is 16.1 Å². The first-order chi connectivity index (χ1) is 16.5. The molecule has 6 heteroatoms. The van der Waals surface area contributed by atoms with Gasteiger partial charge >= 0.3 is 5.97 Å². The van der Waals surface area contributed by atoms with Crippen LogP contribution in [0.25, 0.3) is 11.1 Å². The Morgan fingerprint density at radius 2 is 1.85 bits per heavy atom. The topological polar surface area (TPSA) is 77.8 Å². The molecule has 0 aromatic heterocycles. The molecule has 1 aliphatic heterocycles. The summed E-state index contributed by atoms with van der Waals surface area (Å²) < 4.78 is 22.1. The fourth-order valence-corrected chi connectivity index (χ4v) is 4.36. The molecule has 0 aliphatic carbocycles. The van der Waals surface area contributed by atoms with Crippen LogP contribution in [0.15, 0.2) is 54.6 Å². The van der Waals surface area contributed by atoms with Crippen molar-refractivity contribution in [2.24, 2.45) is 0 Å². The molecule has 1 atom stereocenters. The van der Waals surface area contributed by atoms with Crippen molar-refractivity contribution in [3.63, 3.8) is 0 Å². The van der Waals surface area contributed by atoms with Crippen LogP contribution in [0, 0.1) is 25.2 Å². The molecule has 1 heterocycles. The molecule has 0 radical (unpaired) electrons. The quantitative estimate of drug-likeness (QED) is 0.416. The monoisotopic (exact) mass is 457 g/mol. The van der Waals surface area contributed by atoms with Gasteiger partial charge < -0.3 is 18.9 Å². The number of benzene rings is 3. The Balaban J connectivity index is 1.46. The smallest absolute Gasteiger partial charge is 0.306 e. The Morgan fingerprint density at radius 1 is 1.06 bits per heavy atom. The van der Waals surface area contributed by atoms with E-state index < -0.39 is 0 Å². The second-order valence-corrected chi connectivity index (χ2v) is 8.36. The van der Waals surface area contributed by atoms with Crippen LogP contribution < -0.4 is 14.2 Å². The summed E-state index contributed by atoms with van der Waals surface area (Å²) >= 11 is 0. The Bertz CT molecular complexity index is 1220.